The first kappa shape index (κ1) is 13.0. The van der Waals surface area contributed by atoms with Gasteiger partial charge in [-0.3, -0.25) is 4.68 Å². The van der Waals surface area contributed by atoms with Crippen molar-refractivity contribution >= 4 is 5.69 Å². The number of nitrogens with zero attached hydrogens (tertiary/aromatic N) is 2. The second kappa shape index (κ2) is 5.34. The molecule has 1 rings (SSSR count). The van der Waals surface area contributed by atoms with Crippen LogP contribution in [0.2, 0.25) is 0 Å². The summed E-state index contributed by atoms with van der Waals surface area (Å²) in [6, 6.07) is 0.268. The Morgan fingerprint density at radius 2 is 2.19 bits per heavy atom. The lowest BCUT2D eigenvalue weighted by Gasteiger charge is -2.23. The van der Waals surface area contributed by atoms with Crippen molar-refractivity contribution in [2.24, 2.45) is 18.2 Å². The molecular formula is C12H24N4. The summed E-state index contributed by atoms with van der Waals surface area (Å²) in [5.74, 6) is 0. The highest BCUT2D eigenvalue weighted by Gasteiger charge is 2.15. The Bertz CT molecular complexity index is 311. The molecule has 0 fully saturated rings. The summed E-state index contributed by atoms with van der Waals surface area (Å²) in [5.41, 5.74) is 7.44. The molecule has 0 saturated carbocycles. The third-order valence-corrected chi connectivity index (χ3v) is 2.42. The van der Waals surface area contributed by atoms with E-state index in [0.29, 0.717) is 5.41 Å². The van der Waals surface area contributed by atoms with E-state index < -0.39 is 0 Å². The predicted octanol–water partition coefficient (Wildman–Crippen LogP) is 1.99. The van der Waals surface area contributed by atoms with E-state index >= 15 is 0 Å². The van der Waals surface area contributed by atoms with Gasteiger partial charge in [0, 0.05) is 25.8 Å². The molecule has 0 aliphatic rings. The van der Waals surface area contributed by atoms with Gasteiger partial charge in [-0.15, -0.1) is 0 Å². The second-order valence-corrected chi connectivity index (χ2v) is 5.64. The maximum atomic E-state index is 6.07. The average molecular weight is 224 g/mol. The van der Waals surface area contributed by atoms with Gasteiger partial charge in [0.05, 0.1) is 11.9 Å². The van der Waals surface area contributed by atoms with Gasteiger partial charge in [-0.05, 0) is 18.3 Å². The van der Waals surface area contributed by atoms with Gasteiger partial charge in [0.2, 0.25) is 0 Å². The highest BCUT2D eigenvalue weighted by Crippen LogP contribution is 2.20. The van der Waals surface area contributed by atoms with Crippen molar-refractivity contribution < 1.29 is 0 Å². The normalized spacial score (nSPS) is 13.8. The summed E-state index contributed by atoms with van der Waals surface area (Å²) in [6.07, 6.45) is 5.85. The molecule has 1 heterocycles. The molecule has 4 nitrogen and oxygen atoms in total. The lowest BCUT2D eigenvalue weighted by atomic mass is 9.87. The van der Waals surface area contributed by atoms with Gasteiger partial charge in [-0.2, -0.15) is 5.10 Å². The molecule has 1 aromatic heterocycles. The van der Waals surface area contributed by atoms with Crippen LogP contribution < -0.4 is 11.1 Å². The Kier molecular flexibility index (Phi) is 4.35. The Labute approximate surface area is 98.2 Å². The number of anilines is 1. The van der Waals surface area contributed by atoms with Crippen molar-refractivity contribution in [2.75, 3.05) is 11.9 Å². The fourth-order valence-corrected chi connectivity index (χ4v) is 1.80. The van der Waals surface area contributed by atoms with Gasteiger partial charge in [0.1, 0.15) is 0 Å². The first-order valence-electron chi connectivity index (χ1n) is 5.85. The first-order chi connectivity index (χ1) is 7.37. The smallest absolute Gasteiger partial charge is 0.0726 e. The van der Waals surface area contributed by atoms with Crippen LogP contribution in [0.4, 0.5) is 5.69 Å². The van der Waals surface area contributed by atoms with Crippen molar-refractivity contribution in [1.29, 1.82) is 0 Å². The van der Waals surface area contributed by atoms with E-state index in [9.17, 15) is 0 Å². The Hall–Kier alpha value is -1.03. The van der Waals surface area contributed by atoms with Crippen LogP contribution in [0.3, 0.4) is 0 Å². The summed E-state index contributed by atoms with van der Waals surface area (Å²) >= 11 is 0. The summed E-state index contributed by atoms with van der Waals surface area (Å²) in [4.78, 5) is 0. The molecule has 0 radical (unpaired) electrons. The summed E-state index contributed by atoms with van der Waals surface area (Å²) < 4.78 is 1.79. The van der Waals surface area contributed by atoms with Crippen LogP contribution in [-0.4, -0.2) is 22.4 Å². The van der Waals surface area contributed by atoms with E-state index in [4.69, 9.17) is 5.73 Å². The third kappa shape index (κ3) is 5.16. The van der Waals surface area contributed by atoms with Crippen LogP contribution in [-0.2, 0) is 7.05 Å². The molecule has 1 unspecified atom stereocenters. The molecule has 0 aromatic carbocycles. The fourth-order valence-electron chi connectivity index (χ4n) is 1.80. The molecular weight excluding hydrogens is 200 g/mol. The van der Waals surface area contributed by atoms with Crippen molar-refractivity contribution in [3.8, 4) is 0 Å². The van der Waals surface area contributed by atoms with E-state index in [-0.39, 0.29) is 6.04 Å². The summed E-state index contributed by atoms with van der Waals surface area (Å²) in [5, 5.41) is 7.42. The molecule has 3 N–H and O–H groups in total. The van der Waals surface area contributed by atoms with Crippen LogP contribution in [0.5, 0.6) is 0 Å². The highest BCUT2D eigenvalue weighted by molar-refractivity contribution is 5.37. The van der Waals surface area contributed by atoms with E-state index in [1.165, 1.54) is 0 Å². The van der Waals surface area contributed by atoms with Crippen molar-refractivity contribution in [1.82, 2.24) is 9.78 Å². The van der Waals surface area contributed by atoms with Gasteiger partial charge >= 0.3 is 0 Å². The molecule has 1 atom stereocenters. The molecule has 16 heavy (non-hydrogen) atoms. The van der Waals surface area contributed by atoms with Gasteiger partial charge in [-0.25, -0.2) is 0 Å². The largest absolute Gasteiger partial charge is 0.382 e. The van der Waals surface area contributed by atoms with E-state index in [0.717, 1.165) is 25.1 Å². The van der Waals surface area contributed by atoms with Crippen molar-refractivity contribution in [2.45, 2.75) is 39.7 Å². The second-order valence-electron chi connectivity index (χ2n) is 5.64. The standard InChI is InChI=1S/C12H24N4/c1-12(2,3)7-10(13)5-6-14-11-8-15-16(4)9-11/h8-10,14H,5-7,13H2,1-4H3. The van der Waals surface area contributed by atoms with E-state index in [2.05, 4.69) is 31.2 Å². The molecule has 0 spiro atoms. The maximum absolute atomic E-state index is 6.07. The van der Waals surface area contributed by atoms with Crippen molar-refractivity contribution in [3.05, 3.63) is 12.4 Å². The Balaban J connectivity index is 2.20. The topological polar surface area (TPSA) is 55.9 Å². The minimum Gasteiger partial charge on any atom is -0.382 e. The molecule has 0 saturated heterocycles. The Morgan fingerprint density at radius 1 is 1.50 bits per heavy atom. The number of aromatic nitrogens is 2. The maximum Gasteiger partial charge on any atom is 0.0726 e. The monoisotopic (exact) mass is 224 g/mol. The van der Waals surface area contributed by atoms with Crippen LogP contribution in [0.1, 0.15) is 33.6 Å². The summed E-state index contributed by atoms with van der Waals surface area (Å²) in [7, 11) is 1.91. The number of hydrogen-bond donors (Lipinski definition) is 2. The highest BCUT2D eigenvalue weighted by atomic mass is 15.3. The molecule has 1 aromatic rings. The zero-order valence-corrected chi connectivity index (χ0v) is 10.8. The molecule has 92 valence electrons. The predicted molar refractivity (Wildman–Crippen MR) is 68.4 cm³/mol. The zero-order chi connectivity index (χ0) is 12.2. The van der Waals surface area contributed by atoms with Crippen LogP contribution in [0, 0.1) is 5.41 Å². The van der Waals surface area contributed by atoms with E-state index in [1.54, 1.807) is 4.68 Å². The van der Waals surface area contributed by atoms with E-state index in [1.807, 2.05) is 19.4 Å². The van der Waals surface area contributed by atoms with Crippen LogP contribution in [0.15, 0.2) is 12.4 Å². The first-order valence-corrected chi connectivity index (χ1v) is 5.85. The molecule has 0 aliphatic heterocycles. The fraction of sp³-hybridized carbons (Fsp3) is 0.750. The molecule has 0 aliphatic carbocycles. The number of aryl methyl sites for hydroxylation is 1. The van der Waals surface area contributed by atoms with Crippen molar-refractivity contribution in [3.63, 3.8) is 0 Å². The molecule has 4 heteroatoms. The van der Waals surface area contributed by atoms with Crippen LogP contribution in [0.25, 0.3) is 0 Å². The lowest BCUT2D eigenvalue weighted by Crippen LogP contribution is -2.28. The van der Waals surface area contributed by atoms with Gasteiger partial charge in [-0.1, -0.05) is 20.8 Å². The number of hydrogen-bond acceptors (Lipinski definition) is 3. The summed E-state index contributed by atoms with van der Waals surface area (Å²) in [6.45, 7) is 7.58. The molecule has 0 amide bonds. The lowest BCUT2D eigenvalue weighted by molar-refractivity contribution is 0.334. The minimum atomic E-state index is 0.268. The minimum absolute atomic E-state index is 0.268. The Morgan fingerprint density at radius 3 is 2.69 bits per heavy atom. The number of nitrogens with one attached hydrogen (secondary N) is 1. The third-order valence-electron chi connectivity index (χ3n) is 2.42. The van der Waals surface area contributed by atoms with Gasteiger partial charge < -0.3 is 11.1 Å². The zero-order valence-electron chi connectivity index (χ0n) is 10.8. The quantitative estimate of drug-likeness (QED) is 0.804. The number of rotatable bonds is 5. The molecule has 0 bridgehead atoms. The van der Waals surface area contributed by atoms with Crippen LogP contribution >= 0.6 is 0 Å². The van der Waals surface area contributed by atoms with Gasteiger partial charge in [0.25, 0.3) is 0 Å². The number of nitrogens with two attached hydrogens (primary N) is 1. The van der Waals surface area contributed by atoms with Gasteiger partial charge in [0.15, 0.2) is 0 Å². The SMILES string of the molecule is Cn1cc(NCCC(N)CC(C)(C)C)cn1. The average Bonchev–Trinajstić information content (AvgIpc) is 2.48.